The molecular formula is C11H9NO3S. The standard InChI is InChI=1S/C11H9NO3S/c13-10-6-3-1-2-5(6)9-7(12-10)4-8(16-9)11(14)15/h4H,1-3H2,(H,12,13)(H,14,15). The van der Waals surface area contributed by atoms with E-state index in [1.54, 1.807) is 6.07 Å². The average molecular weight is 235 g/mol. The molecule has 82 valence electrons. The van der Waals surface area contributed by atoms with E-state index < -0.39 is 5.97 Å². The summed E-state index contributed by atoms with van der Waals surface area (Å²) in [5.74, 6) is -0.936. The molecule has 4 nitrogen and oxygen atoms in total. The molecule has 0 saturated carbocycles. The average Bonchev–Trinajstić information content (AvgIpc) is 2.80. The van der Waals surface area contributed by atoms with Gasteiger partial charge in [-0.15, -0.1) is 11.3 Å². The predicted octanol–water partition coefficient (Wildman–Crippen LogP) is 1.78. The van der Waals surface area contributed by atoms with E-state index in [2.05, 4.69) is 4.98 Å². The molecule has 0 fully saturated rings. The number of carboxylic acid groups (broad SMARTS) is 1. The molecular weight excluding hydrogens is 226 g/mol. The van der Waals surface area contributed by atoms with Crippen LogP contribution in [-0.2, 0) is 12.8 Å². The molecule has 5 heteroatoms. The van der Waals surface area contributed by atoms with E-state index in [1.165, 1.54) is 11.3 Å². The Labute approximate surface area is 94.5 Å². The van der Waals surface area contributed by atoms with Gasteiger partial charge in [-0.2, -0.15) is 0 Å². The summed E-state index contributed by atoms with van der Waals surface area (Å²) in [6.07, 6.45) is 2.67. The number of carboxylic acids is 1. The van der Waals surface area contributed by atoms with E-state index in [4.69, 9.17) is 5.11 Å². The summed E-state index contributed by atoms with van der Waals surface area (Å²) in [5, 5.41) is 8.92. The Morgan fingerprint density at radius 2 is 2.12 bits per heavy atom. The van der Waals surface area contributed by atoms with Gasteiger partial charge in [-0.3, -0.25) is 4.79 Å². The van der Waals surface area contributed by atoms with Crippen molar-refractivity contribution in [2.75, 3.05) is 0 Å². The third-order valence-electron chi connectivity index (χ3n) is 2.96. The first-order valence-corrected chi connectivity index (χ1v) is 5.89. The zero-order chi connectivity index (χ0) is 11.3. The molecule has 2 aromatic heterocycles. The molecule has 0 atom stereocenters. The highest BCUT2D eigenvalue weighted by Crippen LogP contribution is 2.32. The van der Waals surface area contributed by atoms with Gasteiger partial charge in [0.15, 0.2) is 0 Å². The zero-order valence-corrected chi connectivity index (χ0v) is 9.19. The zero-order valence-electron chi connectivity index (χ0n) is 8.37. The largest absolute Gasteiger partial charge is 0.477 e. The van der Waals surface area contributed by atoms with Gasteiger partial charge in [0.25, 0.3) is 5.56 Å². The lowest BCUT2D eigenvalue weighted by atomic mass is 10.1. The normalized spacial score (nSPS) is 14.2. The lowest BCUT2D eigenvalue weighted by Gasteiger charge is -1.98. The second kappa shape index (κ2) is 3.18. The van der Waals surface area contributed by atoms with Crippen LogP contribution in [-0.4, -0.2) is 16.1 Å². The fraction of sp³-hybridized carbons (Fsp3) is 0.273. The molecule has 0 radical (unpaired) electrons. The Kier molecular flexibility index (Phi) is 1.91. The summed E-state index contributed by atoms with van der Waals surface area (Å²) >= 11 is 1.25. The number of pyridine rings is 1. The van der Waals surface area contributed by atoms with Crippen LogP contribution in [0.4, 0.5) is 0 Å². The molecule has 1 aliphatic carbocycles. The Morgan fingerprint density at radius 3 is 2.88 bits per heavy atom. The number of hydrogen-bond donors (Lipinski definition) is 2. The van der Waals surface area contributed by atoms with Gasteiger partial charge >= 0.3 is 5.97 Å². The Balaban J connectivity index is 2.40. The maximum Gasteiger partial charge on any atom is 0.345 e. The maximum absolute atomic E-state index is 11.7. The van der Waals surface area contributed by atoms with E-state index in [-0.39, 0.29) is 10.4 Å². The van der Waals surface area contributed by atoms with Crippen LogP contribution >= 0.6 is 11.3 Å². The number of aryl methyl sites for hydroxylation is 1. The van der Waals surface area contributed by atoms with Crippen LogP contribution in [0.5, 0.6) is 0 Å². The second-order valence-electron chi connectivity index (χ2n) is 3.92. The molecule has 0 amide bonds. The number of aromatic nitrogens is 1. The van der Waals surface area contributed by atoms with Gasteiger partial charge < -0.3 is 10.1 Å². The van der Waals surface area contributed by atoms with Crippen LogP contribution in [0.2, 0.25) is 0 Å². The van der Waals surface area contributed by atoms with Crippen molar-refractivity contribution in [1.29, 1.82) is 0 Å². The molecule has 0 spiro atoms. The lowest BCUT2D eigenvalue weighted by molar-refractivity contribution is 0.0702. The fourth-order valence-corrected chi connectivity index (χ4v) is 3.31. The van der Waals surface area contributed by atoms with E-state index in [0.717, 1.165) is 35.1 Å². The van der Waals surface area contributed by atoms with Crippen LogP contribution in [0.25, 0.3) is 10.2 Å². The third kappa shape index (κ3) is 1.21. The Morgan fingerprint density at radius 1 is 1.38 bits per heavy atom. The molecule has 1 aliphatic rings. The summed E-state index contributed by atoms with van der Waals surface area (Å²) in [7, 11) is 0. The van der Waals surface area contributed by atoms with Gasteiger partial charge in [0.05, 0.1) is 10.2 Å². The highest BCUT2D eigenvalue weighted by atomic mass is 32.1. The van der Waals surface area contributed by atoms with Crippen molar-refractivity contribution in [1.82, 2.24) is 4.98 Å². The quantitative estimate of drug-likeness (QED) is 0.791. The van der Waals surface area contributed by atoms with Crippen LogP contribution in [0.1, 0.15) is 27.2 Å². The molecule has 2 heterocycles. The molecule has 3 rings (SSSR count). The number of aromatic carboxylic acids is 1. The minimum absolute atomic E-state index is 0.0604. The summed E-state index contributed by atoms with van der Waals surface area (Å²) < 4.78 is 0.935. The van der Waals surface area contributed by atoms with Crippen molar-refractivity contribution >= 4 is 27.5 Å². The first-order valence-electron chi connectivity index (χ1n) is 5.07. The summed E-state index contributed by atoms with van der Waals surface area (Å²) in [6.45, 7) is 0. The van der Waals surface area contributed by atoms with Gasteiger partial charge in [-0.25, -0.2) is 4.79 Å². The lowest BCUT2D eigenvalue weighted by Crippen LogP contribution is -2.11. The van der Waals surface area contributed by atoms with Crippen LogP contribution in [0.15, 0.2) is 10.9 Å². The maximum atomic E-state index is 11.7. The number of aromatic amines is 1. The number of carbonyl (C=O) groups is 1. The molecule has 2 aromatic rings. The topological polar surface area (TPSA) is 70.2 Å². The first kappa shape index (κ1) is 9.59. The van der Waals surface area contributed by atoms with Crippen molar-refractivity contribution in [2.45, 2.75) is 19.3 Å². The van der Waals surface area contributed by atoms with Crippen LogP contribution in [0.3, 0.4) is 0 Å². The van der Waals surface area contributed by atoms with Crippen molar-refractivity contribution in [2.24, 2.45) is 0 Å². The molecule has 0 saturated heterocycles. The summed E-state index contributed by atoms with van der Waals surface area (Å²) in [5.41, 5.74) is 2.49. The minimum atomic E-state index is -0.936. The summed E-state index contributed by atoms with van der Waals surface area (Å²) in [4.78, 5) is 25.6. The number of rotatable bonds is 1. The second-order valence-corrected chi connectivity index (χ2v) is 4.98. The van der Waals surface area contributed by atoms with E-state index in [0.29, 0.717) is 5.52 Å². The summed E-state index contributed by atoms with van der Waals surface area (Å²) in [6, 6.07) is 1.54. The molecule has 0 aliphatic heterocycles. The van der Waals surface area contributed by atoms with Crippen molar-refractivity contribution in [3.8, 4) is 0 Å². The minimum Gasteiger partial charge on any atom is -0.477 e. The van der Waals surface area contributed by atoms with E-state index >= 15 is 0 Å². The number of hydrogen-bond acceptors (Lipinski definition) is 3. The highest BCUT2D eigenvalue weighted by Gasteiger charge is 2.20. The van der Waals surface area contributed by atoms with Gasteiger partial charge in [0, 0.05) is 5.56 Å². The van der Waals surface area contributed by atoms with Gasteiger partial charge in [-0.1, -0.05) is 0 Å². The van der Waals surface area contributed by atoms with Crippen LogP contribution in [0, 0.1) is 0 Å². The molecule has 0 bridgehead atoms. The van der Waals surface area contributed by atoms with Gasteiger partial charge in [0.1, 0.15) is 4.88 Å². The number of fused-ring (bicyclic) bond motifs is 3. The van der Waals surface area contributed by atoms with Gasteiger partial charge in [-0.05, 0) is 30.9 Å². The van der Waals surface area contributed by atoms with E-state index in [9.17, 15) is 9.59 Å². The predicted molar refractivity (Wildman–Crippen MR) is 61.4 cm³/mol. The molecule has 2 N–H and O–H groups in total. The fourth-order valence-electron chi connectivity index (χ4n) is 2.26. The number of H-pyrrole nitrogens is 1. The van der Waals surface area contributed by atoms with Crippen molar-refractivity contribution < 1.29 is 9.90 Å². The molecule has 16 heavy (non-hydrogen) atoms. The van der Waals surface area contributed by atoms with Gasteiger partial charge in [0.2, 0.25) is 0 Å². The Hall–Kier alpha value is -1.62. The van der Waals surface area contributed by atoms with Crippen molar-refractivity contribution in [3.05, 3.63) is 32.4 Å². The van der Waals surface area contributed by atoms with Crippen molar-refractivity contribution in [3.63, 3.8) is 0 Å². The first-order chi connectivity index (χ1) is 7.66. The molecule has 0 aromatic carbocycles. The Bertz CT molecular complexity index is 653. The van der Waals surface area contributed by atoms with E-state index in [1.807, 2.05) is 0 Å². The SMILES string of the molecule is O=C(O)c1cc2[nH]c(=O)c3c(c2s1)CCC3. The van der Waals surface area contributed by atoms with Crippen LogP contribution < -0.4 is 5.56 Å². The highest BCUT2D eigenvalue weighted by molar-refractivity contribution is 7.20. The number of thiophene rings is 1. The number of nitrogens with one attached hydrogen (secondary N) is 1. The third-order valence-corrected chi connectivity index (χ3v) is 4.14. The monoisotopic (exact) mass is 235 g/mol. The smallest absolute Gasteiger partial charge is 0.345 e. The molecule has 0 unspecified atom stereocenters.